The number of amides is 1. The first-order valence-corrected chi connectivity index (χ1v) is 5.85. The lowest BCUT2D eigenvalue weighted by Gasteiger charge is -2.38. The number of piperidine rings is 1. The molecule has 2 saturated heterocycles. The topological polar surface area (TPSA) is 46.3 Å². The lowest BCUT2D eigenvalue weighted by Crippen LogP contribution is -2.51. The van der Waals surface area contributed by atoms with Crippen LogP contribution < -0.4 is 5.73 Å². The minimum atomic E-state index is -0.226. The number of nitrogens with zero attached hydrogens (tertiary/aromatic N) is 1. The Labute approximate surface area is 85.6 Å². The van der Waals surface area contributed by atoms with Crippen molar-refractivity contribution in [2.45, 2.75) is 57.0 Å². The molecule has 2 fully saturated rings. The quantitative estimate of drug-likeness (QED) is 0.634. The highest BCUT2D eigenvalue weighted by Crippen LogP contribution is 2.25. The molecule has 2 aliphatic rings. The average molecular weight is 196 g/mol. The van der Waals surface area contributed by atoms with Gasteiger partial charge >= 0.3 is 0 Å². The number of rotatable bonds is 0. The molecule has 0 aromatic rings. The number of carbonyl (C=O) groups excluding carboxylic acids is 1. The summed E-state index contributed by atoms with van der Waals surface area (Å²) in [7, 11) is 0. The van der Waals surface area contributed by atoms with E-state index >= 15 is 0 Å². The number of hydrogen-bond donors (Lipinski definition) is 1. The molecule has 0 aromatic carbocycles. The van der Waals surface area contributed by atoms with Gasteiger partial charge in [0, 0.05) is 12.6 Å². The van der Waals surface area contributed by atoms with E-state index in [-0.39, 0.29) is 11.9 Å². The van der Waals surface area contributed by atoms with E-state index in [1.54, 1.807) is 0 Å². The Morgan fingerprint density at radius 1 is 1.07 bits per heavy atom. The molecule has 0 bridgehead atoms. The van der Waals surface area contributed by atoms with Crippen LogP contribution in [0.15, 0.2) is 0 Å². The molecule has 0 aromatic heterocycles. The summed E-state index contributed by atoms with van der Waals surface area (Å²) in [4.78, 5) is 14.0. The van der Waals surface area contributed by atoms with Gasteiger partial charge < -0.3 is 10.6 Å². The van der Waals surface area contributed by atoms with Crippen LogP contribution in [-0.2, 0) is 4.79 Å². The fraction of sp³-hybridized carbons (Fsp3) is 0.909. The molecule has 2 rings (SSSR count). The lowest BCUT2D eigenvalue weighted by atomic mass is 9.92. The molecular weight excluding hydrogens is 176 g/mol. The van der Waals surface area contributed by atoms with E-state index in [1.165, 1.54) is 25.7 Å². The summed E-state index contributed by atoms with van der Waals surface area (Å²) in [6, 6.07) is 0.276. The second kappa shape index (κ2) is 4.30. The summed E-state index contributed by atoms with van der Waals surface area (Å²) >= 11 is 0. The Hall–Kier alpha value is -0.570. The van der Waals surface area contributed by atoms with Gasteiger partial charge in [-0.2, -0.15) is 0 Å². The molecule has 0 aliphatic carbocycles. The van der Waals surface area contributed by atoms with Gasteiger partial charge in [0.15, 0.2) is 0 Å². The van der Waals surface area contributed by atoms with Crippen molar-refractivity contribution in [1.82, 2.24) is 4.90 Å². The summed E-state index contributed by atoms with van der Waals surface area (Å²) in [6.07, 6.45) is 8.07. The van der Waals surface area contributed by atoms with Crippen molar-refractivity contribution in [3.63, 3.8) is 0 Å². The third kappa shape index (κ3) is 1.92. The maximum atomic E-state index is 11.9. The van der Waals surface area contributed by atoms with Gasteiger partial charge in [-0.15, -0.1) is 0 Å². The third-order valence-corrected chi connectivity index (χ3v) is 3.53. The molecule has 2 N–H and O–H groups in total. The van der Waals surface area contributed by atoms with E-state index in [2.05, 4.69) is 0 Å². The number of hydrogen-bond acceptors (Lipinski definition) is 2. The maximum Gasteiger partial charge on any atom is 0.239 e. The standard InChI is InChI=1S/C11H20N2O/c12-10-7-2-1-5-9-6-3-4-8-13(9)11(10)14/h9-10H,1-8,12H2/t9-,10-/m0/s1. The van der Waals surface area contributed by atoms with Crippen molar-refractivity contribution in [2.24, 2.45) is 5.73 Å². The Bertz CT molecular complexity index is 217. The van der Waals surface area contributed by atoms with Crippen molar-refractivity contribution >= 4 is 5.91 Å². The van der Waals surface area contributed by atoms with Gasteiger partial charge in [-0.3, -0.25) is 4.79 Å². The number of carbonyl (C=O) groups is 1. The van der Waals surface area contributed by atoms with Gasteiger partial charge in [-0.25, -0.2) is 0 Å². The molecule has 0 saturated carbocycles. The Kier molecular flexibility index (Phi) is 3.06. The van der Waals surface area contributed by atoms with E-state index in [1.807, 2.05) is 4.90 Å². The van der Waals surface area contributed by atoms with Crippen LogP contribution in [0, 0.1) is 0 Å². The Morgan fingerprint density at radius 2 is 1.71 bits per heavy atom. The highest BCUT2D eigenvalue weighted by atomic mass is 16.2. The molecule has 2 atom stereocenters. The van der Waals surface area contributed by atoms with Crippen molar-refractivity contribution in [1.29, 1.82) is 0 Å². The van der Waals surface area contributed by atoms with E-state index < -0.39 is 0 Å². The molecule has 0 spiro atoms. The second-order valence-electron chi connectivity index (χ2n) is 4.57. The van der Waals surface area contributed by atoms with E-state index in [0.29, 0.717) is 6.04 Å². The summed E-state index contributed by atoms with van der Waals surface area (Å²) in [5.74, 6) is 0.203. The third-order valence-electron chi connectivity index (χ3n) is 3.53. The van der Waals surface area contributed by atoms with Crippen LogP contribution in [0.5, 0.6) is 0 Å². The first-order chi connectivity index (χ1) is 6.79. The maximum absolute atomic E-state index is 11.9. The van der Waals surface area contributed by atoms with Gasteiger partial charge in [0.25, 0.3) is 0 Å². The molecular formula is C11H20N2O. The van der Waals surface area contributed by atoms with E-state index in [9.17, 15) is 4.79 Å². The van der Waals surface area contributed by atoms with Gasteiger partial charge in [-0.05, 0) is 32.1 Å². The zero-order chi connectivity index (χ0) is 9.97. The number of fused-ring (bicyclic) bond motifs is 1. The molecule has 14 heavy (non-hydrogen) atoms. The zero-order valence-electron chi connectivity index (χ0n) is 8.74. The molecule has 2 heterocycles. The molecule has 3 nitrogen and oxygen atoms in total. The van der Waals surface area contributed by atoms with Gasteiger partial charge in [0.1, 0.15) is 0 Å². The largest absolute Gasteiger partial charge is 0.338 e. The Balaban J connectivity index is 2.08. The minimum Gasteiger partial charge on any atom is -0.338 e. The normalized spacial score (nSPS) is 34.6. The lowest BCUT2D eigenvalue weighted by molar-refractivity contribution is -0.137. The highest BCUT2D eigenvalue weighted by Gasteiger charge is 2.30. The highest BCUT2D eigenvalue weighted by molar-refractivity contribution is 5.82. The fourth-order valence-corrected chi connectivity index (χ4v) is 2.67. The van der Waals surface area contributed by atoms with Gasteiger partial charge in [0.05, 0.1) is 6.04 Å². The summed E-state index contributed by atoms with van der Waals surface area (Å²) < 4.78 is 0. The van der Waals surface area contributed by atoms with Crippen molar-refractivity contribution < 1.29 is 4.79 Å². The molecule has 3 heteroatoms. The molecule has 0 unspecified atom stereocenters. The van der Waals surface area contributed by atoms with Crippen LogP contribution in [0.2, 0.25) is 0 Å². The smallest absolute Gasteiger partial charge is 0.239 e. The van der Waals surface area contributed by atoms with Crippen LogP contribution in [0.25, 0.3) is 0 Å². The van der Waals surface area contributed by atoms with E-state index in [0.717, 1.165) is 25.8 Å². The molecule has 1 amide bonds. The van der Waals surface area contributed by atoms with Crippen LogP contribution in [0.1, 0.15) is 44.9 Å². The first-order valence-electron chi connectivity index (χ1n) is 5.85. The predicted octanol–water partition coefficient (Wildman–Crippen LogP) is 1.27. The van der Waals surface area contributed by atoms with Gasteiger partial charge in [0.2, 0.25) is 5.91 Å². The Morgan fingerprint density at radius 3 is 2.50 bits per heavy atom. The second-order valence-corrected chi connectivity index (χ2v) is 4.57. The summed E-state index contributed by atoms with van der Waals surface area (Å²) in [5, 5.41) is 0. The fourth-order valence-electron chi connectivity index (χ4n) is 2.67. The van der Waals surface area contributed by atoms with Crippen LogP contribution in [-0.4, -0.2) is 29.4 Å². The summed E-state index contributed by atoms with van der Waals surface area (Å²) in [6.45, 7) is 0.942. The first kappa shape index (κ1) is 9.97. The molecule has 80 valence electrons. The minimum absolute atomic E-state index is 0.203. The number of nitrogens with two attached hydrogens (primary N) is 1. The van der Waals surface area contributed by atoms with Crippen LogP contribution in [0.3, 0.4) is 0 Å². The zero-order valence-corrected chi connectivity index (χ0v) is 8.74. The van der Waals surface area contributed by atoms with Gasteiger partial charge in [-0.1, -0.05) is 12.8 Å². The van der Waals surface area contributed by atoms with Crippen molar-refractivity contribution in [3.05, 3.63) is 0 Å². The predicted molar refractivity (Wildman–Crippen MR) is 55.8 cm³/mol. The average Bonchev–Trinajstić information content (AvgIpc) is 2.22. The summed E-state index contributed by atoms with van der Waals surface area (Å²) in [5.41, 5.74) is 5.86. The SMILES string of the molecule is N[C@H]1CCCC[C@H]2CCCCN2C1=O. The van der Waals surface area contributed by atoms with Crippen molar-refractivity contribution in [2.75, 3.05) is 6.54 Å². The molecule has 0 radical (unpaired) electrons. The van der Waals surface area contributed by atoms with Crippen LogP contribution >= 0.6 is 0 Å². The molecule has 2 aliphatic heterocycles. The van der Waals surface area contributed by atoms with Crippen molar-refractivity contribution in [3.8, 4) is 0 Å². The van der Waals surface area contributed by atoms with E-state index in [4.69, 9.17) is 5.73 Å². The van der Waals surface area contributed by atoms with Crippen LogP contribution in [0.4, 0.5) is 0 Å². The monoisotopic (exact) mass is 196 g/mol.